The number of furan rings is 2. The highest BCUT2D eigenvalue weighted by molar-refractivity contribution is 6.30. The van der Waals surface area contributed by atoms with Crippen LogP contribution >= 0.6 is 0 Å². The zero-order chi connectivity index (χ0) is 41.6. The summed E-state index contributed by atoms with van der Waals surface area (Å²) in [5.74, 6) is 0.543. The first-order chi connectivity index (χ1) is 30.4. The van der Waals surface area contributed by atoms with Gasteiger partial charge in [0.1, 0.15) is 11.2 Å². The molecule has 0 unspecified atom stereocenters. The van der Waals surface area contributed by atoms with Crippen molar-refractivity contribution in [1.29, 1.82) is 0 Å². The Morgan fingerprint density at radius 2 is 0.919 bits per heavy atom. The fourth-order valence-electron chi connectivity index (χ4n) is 10.4. The van der Waals surface area contributed by atoms with E-state index in [0.29, 0.717) is 0 Å². The smallest absolute Gasteiger partial charge is 0.159 e. The van der Waals surface area contributed by atoms with Crippen molar-refractivity contribution in [2.45, 2.75) is 52.4 Å². The molecule has 11 aromatic rings. The quantitative estimate of drug-likeness (QED) is 0.143. The third kappa shape index (κ3) is 5.45. The Balaban J connectivity index is 1.20. The lowest BCUT2D eigenvalue weighted by Crippen LogP contribution is -2.18. The fourth-order valence-corrected chi connectivity index (χ4v) is 10.4. The summed E-state index contributed by atoms with van der Waals surface area (Å²) in [6.45, 7) is 9.32. The van der Waals surface area contributed by atoms with E-state index in [1.807, 2.05) is 0 Å². The van der Waals surface area contributed by atoms with Gasteiger partial charge in [0, 0.05) is 43.7 Å². The number of allylic oxidation sites excluding steroid dienone is 4. The summed E-state index contributed by atoms with van der Waals surface area (Å²) in [4.78, 5) is 4.94. The average Bonchev–Trinajstić information content (AvgIpc) is 3.89. The lowest BCUT2D eigenvalue weighted by atomic mass is 9.84. The molecule has 0 radical (unpaired) electrons. The third-order valence-corrected chi connectivity index (χ3v) is 13.2. The standard InChI is InChI=1S/C58H46N2O2/c1-35(2)47-33-51(59(37-17-7-5-8-18-37)49-25-15-23-43-39-21-11-13-27-53(39)61-57(43)49)45-32-30-42-48(36(3)4)34-52(46-31-29-41(47)55(45)56(42)46)60(38-19-9-6-10-20-38)50-26-16-24-44-40-22-12-14-28-54(40)62-58(44)50/h5-9,11-19,21-36H,10,20H2,1-4H3. The fraction of sp³-hybridized carbons (Fsp3) is 0.138. The number of fused-ring (bicyclic) bond motifs is 6. The van der Waals surface area contributed by atoms with Crippen LogP contribution in [0.5, 0.6) is 0 Å². The second-order valence-electron chi connectivity index (χ2n) is 17.5. The van der Waals surface area contributed by atoms with Gasteiger partial charge < -0.3 is 18.6 Å². The molecule has 9 aromatic carbocycles. The Hall–Kier alpha value is -7.30. The lowest BCUT2D eigenvalue weighted by molar-refractivity contribution is 0.668. The van der Waals surface area contributed by atoms with E-state index in [4.69, 9.17) is 8.83 Å². The topological polar surface area (TPSA) is 32.8 Å². The predicted octanol–water partition coefficient (Wildman–Crippen LogP) is 17.5. The van der Waals surface area contributed by atoms with Gasteiger partial charge in [-0.2, -0.15) is 0 Å². The molecule has 0 saturated carbocycles. The molecule has 1 aliphatic carbocycles. The Morgan fingerprint density at radius 1 is 0.435 bits per heavy atom. The van der Waals surface area contributed by atoms with Crippen molar-refractivity contribution >= 4 is 105 Å². The van der Waals surface area contributed by atoms with E-state index in [2.05, 4.69) is 207 Å². The summed E-state index contributed by atoms with van der Waals surface area (Å²) < 4.78 is 13.6. The van der Waals surface area contributed by atoms with E-state index >= 15 is 0 Å². The van der Waals surface area contributed by atoms with Gasteiger partial charge >= 0.3 is 0 Å². The van der Waals surface area contributed by atoms with Crippen LogP contribution in [0.1, 0.15) is 63.5 Å². The molecule has 0 bridgehead atoms. The molecule has 2 heterocycles. The number of nitrogens with zero attached hydrogens (tertiary/aromatic N) is 2. The molecule has 62 heavy (non-hydrogen) atoms. The molecule has 4 nitrogen and oxygen atoms in total. The predicted molar refractivity (Wildman–Crippen MR) is 263 cm³/mol. The Morgan fingerprint density at radius 3 is 1.45 bits per heavy atom. The Labute approximate surface area is 360 Å². The van der Waals surface area contributed by atoms with Crippen LogP contribution in [0.3, 0.4) is 0 Å². The molecular weight excluding hydrogens is 757 g/mol. The number of hydrogen-bond donors (Lipinski definition) is 0. The van der Waals surface area contributed by atoms with Gasteiger partial charge in [0.15, 0.2) is 11.2 Å². The van der Waals surface area contributed by atoms with Gasteiger partial charge in [-0.05, 0) is 112 Å². The van der Waals surface area contributed by atoms with Crippen LogP contribution in [0.4, 0.5) is 28.4 Å². The Bertz CT molecular complexity index is 3600. The number of para-hydroxylation sites is 5. The lowest BCUT2D eigenvalue weighted by Gasteiger charge is -2.32. The molecule has 4 heteroatoms. The van der Waals surface area contributed by atoms with Gasteiger partial charge in [-0.15, -0.1) is 0 Å². The largest absolute Gasteiger partial charge is 0.454 e. The molecule has 2 aromatic heterocycles. The first-order valence-corrected chi connectivity index (χ1v) is 22.0. The van der Waals surface area contributed by atoms with Crippen LogP contribution in [-0.4, -0.2) is 0 Å². The summed E-state index contributed by atoms with van der Waals surface area (Å²) in [6, 6.07) is 55.2. The molecule has 12 rings (SSSR count). The molecule has 1 aliphatic rings. The maximum absolute atomic E-state index is 6.80. The van der Waals surface area contributed by atoms with Crippen molar-refractivity contribution in [3.63, 3.8) is 0 Å². The third-order valence-electron chi connectivity index (χ3n) is 13.2. The highest BCUT2D eigenvalue weighted by Gasteiger charge is 2.29. The van der Waals surface area contributed by atoms with Crippen LogP contribution in [0.2, 0.25) is 0 Å². The van der Waals surface area contributed by atoms with Crippen molar-refractivity contribution in [1.82, 2.24) is 0 Å². The normalized spacial score (nSPS) is 13.4. The maximum Gasteiger partial charge on any atom is 0.159 e. The minimum atomic E-state index is 0.267. The van der Waals surface area contributed by atoms with E-state index in [0.717, 1.165) is 79.5 Å². The van der Waals surface area contributed by atoms with Crippen molar-refractivity contribution in [2.24, 2.45) is 0 Å². The van der Waals surface area contributed by atoms with Crippen molar-refractivity contribution in [3.05, 3.63) is 187 Å². The van der Waals surface area contributed by atoms with Gasteiger partial charge in [-0.1, -0.05) is 143 Å². The van der Waals surface area contributed by atoms with Crippen LogP contribution in [0, 0.1) is 0 Å². The van der Waals surface area contributed by atoms with E-state index in [-0.39, 0.29) is 11.8 Å². The molecule has 0 spiro atoms. The first-order valence-electron chi connectivity index (χ1n) is 22.0. The number of hydrogen-bond acceptors (Lipinski definition) is 4. The molecule has 0 atom stereocenters. The zero-order valence-electron chi connectivity index (χ0n) is 35.4. The summed E-state index contributed by atoms with van der Waals surface area (Å²) in [5.41, 5.74) is 12.9. The first kappa shape index (κ1) is 36.5. The van der Waals surface area contributed by atoms with Gasteiger partial charge in [0.2, 0.25) is 0 Å². The molecule has 0 fully saturated rings. The summed E-state index contributed by atoms with van der Waals surface area (Å²) in [6.07, 6.45) is 8.68. The van der Waals surface area contributed by atoms with Crippen LogP contribution in [0.25, 0.3) is 76.2 Å². The van der Waals surface area contributed by atoms with Gasteiger partial charge in [-0.3, -0.25) is 0 Å². The summed E-state index contributed by atoms with van der Waals surface area (Å²) in [5, 5.41) is 12.1. The van der Waals surface area contributed by atoms with Crippen LogP contribution in [0.15, 0.2) is 184 Å². The van der Waals surface area contributed by atoms with E-state index in [1.165, 1.54) is 54.8 Å². The van der Waals surface area contributed by atoms with E-state index in [9.17, 15) is 0 Å². The maximum atomic E-state index is 6.80. The van der Waals surface area contributed by atoms with Crippen LogP contribution in [-0.2, 0) is 0 Å². The monoisotopic (exact) mass is 802 g/mol. The van der Waals surface area contributed by atoms with Gasteiger partial charge in [0.05, 0.1) is 22.7 Å². The minimum Gasteiger partial charge on any atom is -0.454 e. The number of benzene rings is 9. The molecule has 300 valence electrons. The highest BCUT2D eigenvalue weighted by atomic mass is 16.3. The van der Waals surface area contributed by atoms with Gasteiger partial charge in [0.25, 0.3) is 0 Å². The molecule has 0 amide bonds. The number of anilines is 5. The zero-order valence-corrected chi connectivity index (χ0v) is 35.4. The number of rotatable bonds is 8. The molecule has 0 saturated heterocycles. The average molecular weight is 803 g/mol. The van der Waals surface area contributed by atoms with Crippen molar-refractivity contribution < 1.29 is 8.83 Å². The van der Waals surface area contributed by atoms with Crippen molar-refractivity contribution in [3.8, 4) is 0 Å². The Kier molecular flexibility index (Phi) is 8.33. The summed E-state index contributed by atoms with van der Waals surface area (Å²) in [7, 11) is 0. The molecule has 0 N–H and O–H groups in total. The van der Waals surface area contributed by atoms with Crippen molar-refractivity contribution in [2.75, 3.05) is 9.80 Å². The van der Waals surface area contributed by atoms with Gasteiger partial charge in [-0.25, -0.2) is 0 Å². The molecular formula is C58H46N2O2. The minimum absolute atomic E-state index is 0.267. The second kappa shape index (κ2) is 14.1. The van der Waals surface area contributed by atoms with E-state index < -0.39 is 0 Å². The SMILES string of the molecule is CC(C)c1cc(N(C2=CC=CCC2)c2cccc3c2oc2ccccc23)c2ccc3c(C(C)C)cc(N(c4ccccc4)c4cccc5c4oc4ccccc45)c4ccc1c2c34. The highest BCUT2D eigenvalue weighted by Crippen LogP contribution is 2.52. The van der Waals surface area contributed by atoms with E-state index in [1.54, 1.807) is 0 Å². The summed E-state index contributed by atoms with van der Waals surface area (Å²) >= 11 is 0. The molecule has 0 aliphatic heterocycles. The van der Waals surface area contributed by atoms with Crippen LogP contribution < -0.4 is 9.80 Å². The second-order valence-corrected chi connectivity index (χ2v) is 17.5.